The molecule has 0 spiro atoms. The number of aryl methyl sites for hydroxylation is 2. The Kier molecular flexibility index (Phi) is 8.24. The molecule has 0 aliphatic heterocycles. The zero-order valence-electron chi connectivity index (χ0n) is 17.7. The van der Waals surface area contributed by atoms with Crippen LogP contribution < -0.4 is 10.6 Å². The molecule has 3 aromatic rings. The van der Waals surface area contributed by atoms with Crippen molar-refractivity contribution in [2.45, 2.75) is 39.8 Å². The summed E-state index contributed by atoms with van der Waals surface area (Å²) in [5.41, 5.74) is 5.84. The van der Waals surface area contributed by atoms with Crippen LogP contribution >= 0.6 is 24.0 Å². The predicted octanol–water partition coefficient (Wildman–Crippen LogP) is 3.14. The number of aliphatic imine (C=N–C) groups is 1. The van der Waals surface area contributed by atoms with Crippen LogP contribution in [-0.2, 0) is 20.0 Å². The van der Waals surface area contributed by atoms with E-state index in [1.807, 2.05) is 28.7 Å². The average molecular weight is 507 g/mol. The molecule has 0 bridgehead atoms. The molecular formula is C21H30IN7. The van der Waals surface area contributed by atoms with Crippen molar-refractivity contribution in [3.05, 3.63) is 65.2 Å². The van der Waals surface area contributed by atoms with E-state index < -0.39 is 0 Å². The van der Waals surface area contributed by atoms with Crippen LogP contribution in [0.5, 0.6) is 0 Å². The van der Waals surface area contributed by atoms with Crippen molar-refractivity contribution in [2.75, 3.05) is 7.05 Å². The third-order valence-electron chi connectivity index (χ3n) is 4.94. The van der Waals surface area contributed by atoms with Crippen LogP contribution in [0.15, 0.2) is 47.7 Å². The van der Waals surface area contributed by atoms with Gasteiger partial charge in [-0.3, -0.25) is 9.67 Å². The second kappa shape index (κ2) is 10.4. The summed E-state index contributed by atoms with van der Waals surface area (Å²) >= 11 is 0. The van der Waals surface area contributed by atoms with Crippen LogP contribution in [0.2, 0.25) is 0 Å². The molecule has 0 aliphatic carbocycles. The van der Waals surface area contributed by atoms with E-state index in [4.69, 9.17) is 0 Å². The van der Waals surface area contributed by atoms with E-state index in [1.54, 1.807) is 13.2 Å². The zero-order valence-corrected chi connectivity index (χ0v) is 20.0. The molecule has 0 radical (unpaired) electrons. The van der Waals surface area contributed by atoms with Gasteiger partial charge in [0.1, 0.15) is 0 Å². The molecule has 3 rings (SSSR count). The van der Waals surface area contributed by atoms with Gasteiger partial charge in [0.05, 0.1) is 11.4 Å². The first kappa shape index (κ1) is 22.9. The largest absolute Gasteiger partial charge is 0.354 e. The fraction of sp³-hybridized carbons (Fsp3) is 0.381. The normalized spacial score (nSPS) is 12.4. The number of hydrogen-bond donors (Lipinski definition) is 2. The van der Waals surface area contributed by atoms with Gasteiger partial charge < -0.3 is 10.6 Å². The lowest BCUT2D eigenvalue weighted by atomic mass is 10.1. The van der Waals surface area contributed by atoms with Crippen molar-refractivity contribution < 1.29 is 0 Å². The van der Waals surface area contributed by atoms with Crippen LogP contribution in [0, 0.1) is 13.8 Å². The molecule has 156 valence electrons. The fourth-order valence-electron chi connectivity index (χ4n) is 3.27. The van der Waals surface area contributed by atoms with E-state index >= 15 is 0 Å². The maximum Gasteiger partial charge on any atom is 0.191 e. The number of halogens is 1. The van der Waals surface area contributed by atoms with Crippen molar-refractivity contribution in [2.24, 2.45) is 12.0 Å². The van der Waals surface area contributed by atoms with E-state index in [9.17, 15) is 0 Å². The number of guanidine groups is 1. The maximum atomic E-state index is 4.50. The molecular weight excluding hydrogens is 477 g/mol. The Morgan fingerprint density at radius 1 is 1.21 bits per heavy atom. The predicted molar refractivity (Wildman–Crippen MR) is 128 cm³/mol. The lowest BCUT2D eigenvalue weighted by Gasteiger charge is -2.18. The van der Waals surface area contributed by atoms with Gasteiger partial charge in [-0.05, 0) is 56.5 Å². The van der Waals surface area contributed by atoms with Gasteiger partial charge >= 0.3 is 0 Å². The van der Waals surface area contributed by atoms with E-state index in [1.165, 1.54) is 16.8 Å². The van der Waals surface area contributed by atoms with Crippen LogP contribution in [0.1, 0.15) is 29.4 Å². The van der Waals surface area contributed by atoms with Gasteiger partial charge in [-0.2, -0.15) is 10.2 Å². The molecule has 7 nitrogen and oxygen atoms in total. The minimum absolute atomic E-state index is 0. The van der Waals surface area contributed by atoms with Crippen molar-refractivity contribution in [1.29, 1.82) is 0 Å². The topological polar surface area (TPSA) is 72.1 Å². The minimum Gasteiger partial charge on any atom is -0.354 e. The van der Waals surface area contributed by atoms with E-state index in [-0.39, 0.29) is 30.0 Å². The number of hydrogen-bond acceptors (Lipinski definition) is 3. The van der Waals surface area contributed by atoms with Gasteiger partial charge in [0.25, 0.3) is 0 Å². The summed E-state index contributed by atoms with van der Waals surface area (Å²) in [4.78, 5) is 4.35. The molecule has 2 N–H and O–H groups in total. The molecule has 0 aliphatic rings. The Balaban J connectivity index is 0.00000300. The maximum absolute atomic E-state index is 4.50. The monoisotopic (exact) mass is 507 g/mol. The number of nitrogens with zero attached hydrogens (tertiary/aromatic N) is 5. The molecule has 0 fully saturated rings. The summed E-state index contributed by atoms with van der Waals surface area (Å²) in [5, 5.41) is 15.6. The number of benzene rings is 1. The third-order valence-corrected chi connectivity index (χ3v) is 4.94. The Morgan fingerprint density at radius 3 is 2.48 bits per heavy atom. The van der Waals surface area contributed by atoms with Gasteiger partial charge in [-0.15, -0.1) is 24.0 Å². The van der Waals surface area contributed by atoms with Crippen molar-refractivity contribution in [3.63, 3.8) is 0 Å². The van der Waals surface area contributed by atoms with Crippen molar-refractivity contribution >= 4 is 29.9 Å². The summed E-state index contributed by atoms with van der Waals surface area (Å²) in [6, 6.07) is 10.5. The van der Waals surface area contributed by atoms with Gasteiger partial charge in [0.2, 0.25) is 0 Å². The fourth-order valence-corrected chi connectivity index (χ4v) is 3.27. The molecule has 1 atom stereocenters. The Labute approximate surface area is 189 Å². The van der Waals surface area contributed by atoms with E-state index in [0.29, 0.717) is 6.54 Å². The molecule has 1 unspecified atom stereocenters. The Bertz CT molecular complexity index is 927. The SMILES string of the molecule is CN=C(NCc1ccc(-n2cccn2)cc1)NC(C)Cc1c(C)nn(C)c1C.I. The highest BCUT2D eigenvalue weighted by Crippen LogP contribution is 2.14. The summed E-state index contributed by atoms with van der Waals surface area (Å²) in [7, 11) is 3.78. The Hall–Kier alpha value is -2.36. The number of nitrogens with one attached hydrogen (secondary N) is 2. The second-order valence-electron chi connectivity index (χ2n) is 7.07. The summed E-state index contributed by atoms with van der Waals surface area (Å²) in [6.45, 7) is 7.05. The first-order valence-electron chi connectivity index (χ1n) is 9.53. The van der Waals surface area contributed by atoms with Crippen LogP contribution in [0.25, 0.3) is 5.69 Å². The van der Waals surface area contributed by atoms with Gasteiger partial charge in [-0.25, -0.2) is 4.68 Å². The highest BCUT2D eigenvalue weighted by Gasteiger charge is 2.14. The second-order valence-corrected chi connectivity index (χ2v) is 7.07. The summed E-state index contributed by atoms with van der Waals surface area (Å²) < 4.78 is 3.79. The number of aromatic nitrogens is 4. The first-order chi connectivity index (χ1) is 13.5. The quantitative estimate of drug-likeness (QED) is 0.306. The van der Waals surface area contributed by atoms with Gasteiger partial charge in [0, 0.05) is 44.8 Å². The van der Waals surface area contributed by atoms with Crippen LogP contribution in [-0.4, -0.2) is 38.6 Å². The van der Waals surface area contributed by atoms with E-state index in [0.717, 1.165) is 23.8 Å². The van der Waals surface area contributed by atoms with E-state index in [2.05, 4.69) is 70.9 Å². The summed E-state index contributed by atoms with van der Waals surface area (Å²) in [6.07, 6.45) is 4.62. The standard InChI is InChI=1S/C21H29N7.HI/c1-15(13-20-16(2)26-27(5)17(20)3)25-21(22-4)23-14-18-7-9-19(10-8-18)28-12-6-11-24-28;/h6-12,15H,13-14H2,1-5H3,(H2,22,23,25);1H. The Morgan fingerprint density at radius 2 is 1.93 bits per heavy atom. The molecule has 2 heterocycles. The lowest BCUT2D eigenvalue weighted by molar-refractivity contribution is 0.635. The van der Waals surface area contributed by atoms with Gasteiger partial charge in [-0.1, -0.05) is 12.1 Å². The van der Waals surface area contributed by atoms with Crippen molar-refractivity contribution in [3.8, 4) is 5.69 Å². The zero-order chi connectivity index (χ0) is 20.1. The average Bonchev–Trinajstić information content (AvgIpc) is 3.30. The highest BCUT2D eigenvalue weighted by molar-refractivity contribution is 14.0. The molecule has 8 heteroatoms. The van der Waals surface area contributed by atoms with Gasteiger partial charge in [0.15, 0.2) is 5.96 Å². The molecule has 2 aromatic heterocycles. The number of rotatable bonds is 6. The smallest absolute Gasteiger partial charge is 0.191 e. The van der Waals surface area contributed by atoms with Crippen LogP contribution in [0.3, 0.4) is 0 Å². The summed E-state index contributed by atoms with van der Waals surface area (Å²) in [5.74, 6) is 0.794. The molecule has 1 aromatic carbocycles. The molecule has 0 saturated heterocycles. The highest BCUT2D eigenvalue weighted by atomic mass is 127. The third kappa shape index (κ3) is 5.81. The first-order valence-corrected chi connectivity index (χ1v) is 9.53. The minimum atomic E-state index is 0. The molecule has 0 saturated carbocycles. The lowest BCUT2D eigenvalue weighted by Crippen LogP contribution is -2.42. The molecule has 29 heavy (non-hydrogen) atoms. The van der Waals surface area contributed by atoms with Crippen LogP contribution in [0.4, 0.5) is 0 Å². The van der Waals surface area contributed by atoms with Crippen molar-refractivity contribution in [1.82, 2.24) is 30.2 Å². The molecule has 0 amide bonds.